The molecule has 23 heavy (non-hydrogen) atoms. The molecule has 7 heteroatoms. The van der Waals surface area contributed by atoms with Gasteiger partial charge < -0.3 is 10.1 Å². The van der Waals surface area contributed by atoms with Crippen molar-refractivity contribution in [1.29, 1.82) is 0 Å². The van der Waals surface area contributed by atoms with Gasteiger partial charge >= 0.3 is 0 Å². The third kappa shape index (κ3) is 4.03. The first-order valence-corrected chi connectivity index (χ1v) is 8.65. The number of hydrogen-bond donors (Lipinski definition) is 1. The molecule has 1 aromatic carbocycles. The predicted octanol–water partition coefficient (Wildman–Crippen LogP) is 3.89. The summed E-state index contributed by atoms with van der Waals surface area (Å²) in [5, 5.41) is 5.30. The monoisotopic (exact) mass is 346 g/mol. The van der Waals surface area contributed by atoms with Crippen LogP contribution in [0.5, 0.6) is 5.75 Å². The number of nitrogens with one attached hydrogen (secondary N) is 1. The number of benzene rings is 1. The van der Waals surface area contributed by atoms with Crippen LogP contribution in [0, 0.1) is 0 Å². The zero-order valence-corrected chi connectivity index (χ0v) is 14.1. The Bertz CT molecular complexity index is 810. The first kappa shape index (κ1) is 15.8. The van der Waals surface area contributed by atoms with E-state index in [0.717, 1.165) is 16.7 Å². The Kier molecular flexibility index (Phi) is 5.15. The molecule has 0 aliphatic rings. The minimum Gasteiger partial charge on any atom is -0.489 e. The van der Waals surface area contributed by atoms with Crippen LogP contribution < -0.4 is 10.1 Å². The molecule has 0 bridgehead atoms. The second-order valence-electron chi connectivity index (χ2n) is 4.67. The van der Waals surface area contributed by atoms with E-state index in [0.29, 0.717) is 29.3 Å². The zero-order valence-electron chi connectivity index (χ0n) is 12.5. The number of rotatable bonds is 6. The summed E-state index contributed by atoms with van der Waals surface area (Å²) in [7, 11) is 0. The van der Waals surface area contributed by atoms with Crippen molar-refractivity contribution in [2.45, 2.75) is 5.16 Å². The van der Waals surface area contributed by atoms with Crippen LogP contribution in [0.15, 0.2) is 47.8 Å². The van der Waals surface area contributed by atoms with Gasteiger partial charge in [-0.25, -0.2) is 9.97 Å². The van der Waals surface area contributed by atoms with Crippen LogP contribution in [0.4, 0.5) is 5.82 Å². The predicted molar refractivity (Wildman–Crippen MR) is 94.6 cm³/mol. The molecule has 0 aliphatic carbocycles. The Hall–Kier alpha value is -2.05. The highest BCUT2D eigenvalue weighted by Crippen LogP contribution is 2.23. The van der Waals surface area contributed by atoms with Crippen LogP contribution >= 0.6 is 23.4 Å². The first-order chi connectivity index (χ1) is 11.3. The van der Waals surface area contributed by atoms with E-state index < -0.39 is 0 Å². The molecule has 0 radical (unpaired) electrons. The van der Waals surface area contributed by atoms with Crippen molar-refractivity contribution >= 4 is 40.1 Å². The Balaban J connectivity index is 1.60. The average molecular weight is 347 g/mol. The van der Waals surface area contributed by atoms with E-state index >= 15 is 0 Å². The number of hydrogen-bond acceptors (Lipinski definition) is 6. The number of ether oxygens (including phenoxy) is 1. The van der Waals surface area contributed by atoms with E-state index in [-0.39, 0.29) is 0 Å². The van der Waals surface area contributed by atoms with Crippen molar-refractivity contribution in [3.05, 3.63) is 47.7 Å². The molecule has 0 amide bonds. The number of nitrogens with zero attached hydrogens (tertiary/aromatic N) is 3. The Morgan fingerprint density at radius 2 is 2.09 bits per heavy atom. The van der Waals surface area contributed by atoms with Crippen LogP contribution in [0.1, 0.15) is 0 Å². The minimum absolute atomic E-state index is 0.422. The van der Waals surface area contributed by atoms with E-state index in [2.05, 4.69) is 20.3 Å². The maximum absolute atomic E-state index is 5.96. The lowest BCUT2D eigenvalue weighted by Crippen LogP contribution is -2.13. The second-order valence-corrected chi connectivity index (χ2v) is 5.83. The third-order valence-corrected chi connectivity index (χ3v) is 3.86. The maximum Gasteiger partial charge on any atom is 0.190 e. The third-order valence-electron chi connectivity index (χ3n) is 3.12. The molecular weight excluding hydrogens is 332 g/mol. The zero-order chi connectivity index (χ0) is 16.1. The smallest absolute Gasteiger partial charge is 0.190 e. The number of halogens is 1. The summed E-state index contributed by atoms with van der Waals surface area (Å²) in [6.07, 6.45) is 3.67. The molecule has 0 unspecified atom stereocenters. The molecular formula is C16H15ClN4OS. The molecule has 0 spiro atoms. The lowest BCUT2D eigenvalue weighted by Gasteiger charge is -2.10. The van der Waals surface area contributed by atoms with Crippen LogP contribution in [0.2, 0.25) is 5.15 Å². The number of fused-ring (bicyclic) bond motifs is 1. The van der Waals surface area contributed by atoms with Crippen molar-refractivity contribution in [3.8, 4) is 5.75 Å². The van der Waals surface area contributed by atoms with E-state index in [1.165, 1.54) is 11.8 Å². The standard InChI is InChI=1S/C16H15ClN4OS/c1-23-16-20-13(17)10-14(21-16)18-8-9-22-12-6-2-4-11-5-3-7-19-15(11)12/h2-7,10H,8-9H2,1H3,(H,18,20,21). The maximum atomic E-state index is 5.96. The lowest BCUT2D eigenvalue weighted by atomic mass is 10.2. The minimum atomic E-state index is 0.422. The van der Waals surface area contributed by atoms with Crippen molar-refractivity contribution in [3.63, 3.8) is 0 Å². The van der Waals surface area contributed by atoms with Crippen LogP contribution in [-0.4, -0.2) is 34.4 Å². The summed E-state index contributed by atoms with van der Waals surface area (Å²) in [6, 6.07) is 11.5. The van der Waals surface area contributed by atoms with Crippen LogP contribution in [0.3, 0.4) is 0 Å². The largest absolute Gasteiger partial charge is 0.489 e. The summed E-state index contributed by atoms with van der Waals surface area (Å²) in [5.41, 5.74) is 0.866. The van der Waals surface area contributed by atoms with Gasteiger partial charge in [-0.15, -0.1) is 0 Å². The fraction of sp³-hybridized carbons (Fsp3) is 0.188. The summed E-state index contributed by atoms with van der Waals surface area (Å²) in [4.78, 5) is 12.8. The number of aromatic nitrogens is 3. The van der Waals surface area contributed by atoms with E-state index in [4.69, 9.17) is 16.3 Å². The SMILES string of the molecule is CSc1nc(Cl)cc(NCCOc2cccc3cccnc23)n1. The van der Waals surface area contributed by atoms with Crippen LogP contribution in [-0.2, 0) is 0 Å². The Morgan fingerprint density at radius 1 is 1.22 bits per heavy atom. The number of pyridine rings is 1. The molecule has 3 aromatic rings. The summed E-state index contributed by atoms with van der Waals surface area (Å²) < 4.78 is 5.82. The van der Waals surface area contributed by atoms with Gasteiger partial charge in [0.25, 0.3) is 0 Å². The van der Waals surface area contributed by atoms with Crippen molar-refractivity contribution in [2.24, 2.45) is 0 Å². The molecule has 2 aromatic heterocycles. The van der Waals surface area contributed by atoms with Gasteiger partial charge in [0.2, 0.25) is 0 Å². The van der Waals surface area contributed by atoms with E-state index in [1.54, 1.807) is 12.3 Å². The van der Waals surface area contributed by atoms with Crippen molar-refractivity contribution < 1.29 is 4.74 Å². The van der Waals surface area contributed by atoms with Gasteiger partial charge in [0.05, 0.1) is 6.54 Å². The molecule has 0 aliphatic heterocycles. The van der Waals surface area contributed by atoms with E-state index in [9.17, 15) is 0 Å². The first-order valence-electron chi connectivity index (χ1n) is 7.05. The van der Waals surface area contributed by atoms with Gasteiger partial charge in [-0.05, 0) is 18.4 Å². The highest BCUT2D eigenvalue weighted by atomic mass is 35.5. The summed E-state index contributed by atoms with van der Waals surface area (Å²) >= 11 is 7.41. The average Bonchev–Trinajstić information content (AvgIpc) is 2.58. The van der Waals surface area contributed by atoms with Gasteiger partial charge in [-0.1, -0.05) is 41.6 Å². The molecule has 0 saturated carbocycles. The van der Waals surface area contributed by atoms with Crippen molar-refractivity contribution in [2.75, 3.05) is 24.7 Å². The fourth-order valence-corrected chi connectivity index (χ4v) is 2.72. The second kappa shape index (κ2) is 7.48. The highest BCUT2D eigenvalue weighted by molar-refractivity contribution is 7.98. The molecule has 0 fully saturated rings. The van der Waals surface area contributed by atoms with Gasteiger partial charge in [-0.2, -0.15) is 0 Å². The molecule has 2 heterocycles. The number of para-hydroxylation sites is 1. The number of thioether (sulfide) groups is 1. The molecule has 1 N–H and O–H groups in total. The molecule has 5 nitrogen and oxygen atoms in total. The van der Waals surface area contributed by atoms with E-state index in [1.807, 2.05) is 36.6 Å². The van der Waals surface area contributed by atoms with Gasteiger partial charge in [0.15, 0.2) is 5.16 Å². The summed E-state index contributed by atoms with van der Waals surface area (Å²) in [5.74, 6) is 1.46. The Labute approximate surface area is 143 Å². The molecule has 0 saturated heterocycles. The Morgan fingerprint density at radius 3 is 2.96 bits per heavy atom. The van der Waals surface area contributed by atoms with Gasteiger partial charge in [0, 0.05) is 17.6 Å². The molecule has 3 rings (SSSR count). The normalized spacial score (nSPS) is 10.7. The lowest BCUT2D eigenvalue weighted by molar-refractivity contribution is 0.336. The van der Waals surface area contributed by atoms with Gasteiger partial charge in [0.1, 0.15) is 28.8 Å². The number of anilines is 1. The molecule has 0 atom stereocenters. The van der Waals surface area contributed by atoms with Crippen LogP contribution in [0.25, 0.3) is 10.9 Å². The topological polar surface area (TPSA) is 59.9 Å². The highest BCUT2D eigenvalue weighted by Gasteiger charge is 2.04. The fourth-order valence-electron chi connectivity index (χ4n) is 2.11. The molecule has 118 valence electrons. The van der Waals surface area contributed by atoms with Crippen molar-refractivity contribution in [1.82, 2.24) is 15.0 Å². The van der Waals surface area contributed by atoms with Gasteiger partial charge in [-0.3, -0.25) is 4.98 Å². The summed E-state index contributed by atoms with van der Waals surface area (Å²) in [6.45, 7) is 1.09. The quantitative estimate of drug-likeness (QED) is 0.316.